The number of carbonyl (C=O) groups is 3. The lowest BCUT2D eigenvalue weighted by Gasteiger charge is -2.13. The van der Waals surface area contributed by atoms with Gasteiger partial charge in [-0.2, -0.15) is 0 Å². The maximum absolute atomic E-state index is 12.8. The summed E-state index contributed by atoms with van der Waals surface area (Å²) in [5.74, 6) is 2.46. The molecule has 2 amide bonds. The Hall–Kier alpha value is -2.54. The number of Topliss-reactive ketones (excluding diaryl/α,β-unsaturated/α-hetero) is 1. The Labute approximate surface area is 206 Å². The molecule has 2 aromatic carbocycles. The lowest BCUT2D eigenvalue weighted by Crippen LogP contribution is -2.33. The molecule has 2 aromatic rings. The summed E-state index contributed by atoms with van der Waals surface area (Å²) < 4.78 is 12.6. The first-order chi connectivity index (χ1) is 15.3. The largest absolute Gasteiger partial charge is 0.490 e. The van der Waals surface area contributed by atoms with Crippen LogP contribution in [-0.4, -0.2) is 41.6 Å². The van der Waals surface area contributed by atoms with Gasteiger partial charge in [-0.1, -0.05) is 34.0 Å². The molecule has 0 radical (unpaired) electrons. The molecule has 1 heterocycles. The molecule has 1 aliphatic heterocycles. The number of ether oxygens (including phenoxy) is 2. The second-order valence-electron chi connectivity index (χ2n) is 6.45. The van der Waals surface area contributed by atoms with Crippen molar-refractivity contribution in [1.29, 1.82) is 0 Å². The fourth-order valence-corrected chi connectivity index (χ4v) is 4.52. The molecule has 0 N–H and O–H groups in total. The Morgan fingerprint density at radius 2 is 1.91 bits per heavy atom. The predicted octanol–water partition coefficient (Wildman–Crippen LogP) is 5.54. The van der Waals surface area contributed by atoms with Crippen LogP contribution in [0.2, 0.25) is 0 Å². The van der Waals surface area contributed by atoms with E-state index in [1.807, 2.05) is 6.92 Å². The Morgan fingerprint density at radius 3 is 2.56 bits per heavy atom. The minimum absolute atomic E-state index is 0.0727. The summed E-state index contributed by atoms with van der Waals surface area (Å²) in [7, 11) is 0. The van der Waals surface area contributed by atoms with Crippen molar-refractivity contribution < 1.29 is 23.9 Å². The molecule has 0 atom stereocenters. The Bertz CT molecular complexity index is 1140. The van der Waals surface area contributed by atoms with Gasteiger partial charge in [0.25, 0.3) is 11.1 Å². The van der Waals surface area contributed by atoms with E-state index in [2.05, 4.69) is 37.8 Å². The van der Waals surface area contributed by atoms with Crippen molar-refractivity contribution in [1.82, 2.24) is 4.90 Å². The predicted molar refractivity (Wildman–Crippen MR) is 131 cm³/mol. The zero-order valence-corrected chi connectivity index (χ0v) is 20.9. The highest BCUT2D eigenvalue weighted by Crippen LogP contribution is 2.39. The van der Waals surface area contributed by atoms with Gasteiger partial charge in [-0.3, -0.25) is 19.3 Å². The quantitative estimate of drug-likeness (QED) is 0.233. The highest BCUT2D eigenvalue weighted by Gasteiger charge is 2.36. The van der Waals surface area contributed by atoms with Crippen molar-refractivity contribution in [3.63, 3.8) is 0 Å². The molecule has 1 fully saturated rings. The number of hydrogen-bond donors (Lipinski definition) is 0. The zero-order chi connectivity index (χ0) is 23.3. The minimum Gasteiger partial charge on any atom is -0.490 e. The third kappa shape index (κ3) is 5.63. The molecule has 0 unspecified atom stereocenters. The molecule has 0 spiro atoms. The first-order valence-corrected chi connectivity index (χ1v) is 11.8. The highest BCUT2D eigenvalue weighted by atomic mass is 79.9. The summed E-state index contributed by atoms with van der Waals surface area (Å²) in [6.45, 7) is 1.98. The van der Waals surface area contributed by atoms with Crippen molar-refractivity contribution in [2.75, 3.05) is 19.8 Å². The first kappa shape index (κ1) is 24.1. The van der Waals surface area contributed by atoms with Crippen LogP contribution in [-0.2, 0) is 4.79 Å². The number of nitrogens with zero attached hydrogens (tertiary/aromatic N) is 1. The molecule has 1 aliphatic rings. The van der Waals surface area contributed by atoms with Crippen molar-refractivity contribution in [3.8, 4) is 23.8 Å². The number of thioether (sulfide) groups is 1. The smallest absolute Gasteiger partial charge is 0.293 e. The molecule has 9 heteroatoms. The number of amides is 2. The van der Waals surface area contributed by atoms with Gasteiger partial charge in [0.05, 0.1) is 22.5 Å². The van der Waals surface area contributed by atoms with Gasteiger partial charge in [-0.05, 0) is 70.5 Å². The average molecular weight is 579 g/mol. The van der Waals surface area contributed by atoms with E-state index in [9.17, 15) is 14.4 Å². The monoisotopic (exact) mass is 577 g/mol. The van der Waals surface area contributed by atoms with Gasteiger partial charge < -0.3 is 9.47 Å². The second-order valence-corrected chi connectivity index (χ2v) is 9.22. The van der Waals surface area contributed by atoms with Crippen molar-refractivity contribution in [3.05, 3.63) is 61.4 Å². The Kier molecular flexibility index (Phi) is 8.18. The van der Waals surface area contributed by atoms with Crippen molar-refractivity contribution in [2.24, 2.45) is 0 Å². The third-order valence-corrected chi connectivity index (χ3v) is 6.30. The van der Waals surface area contributed by atoms with Gasteiger partial charge in [0, 0.05) is 10.0 Å². The normalized spacial score (nSPS) is 14.6. The summed E-state index contributed by atoms with van der Waals surface area (Å²) in [6.07, 6.45) is 6.84. The molecule has 0 aliphatic carbocycles. The number of terminal acetylenes is 1. The van der Waals surface area contributed by atoms with Crippen LogP contribution in [0.3, 0.4) is 0 Å². The van der Waals surface area contributed by atoms with E-state index < -0.39 is 11.1 Å². The molecule has 1 saturated heterocycles. The van der Waals surface area contributed by atoms with E-state index in [-0.39, 0.29) is 23.8 Å². The Morgan fingerprint density at radius 1 is 1.19 bits per heavy atom. The molecular formula is C23H17Br2NO5S. The number of imide groups is 1. The van der Waals surface area contributed by atoms with E-state index >= 15 is 0 Å². The average Bonchev–Trinajstić information content (AvgIpc) is 3.01. The number of rotatable bonds is 8. The number of halogens is 2. The van der Waals surface area contributed by atoms with Crippen LogP contribution >= 0.6 is 43.6 Å². The summed E-state index contributed by atoms with van der Waals surface area (Å²) in [5, 5.41) is -0.496. The minimum atomic E-state index is -0.521. The van der Waals surface area contributed by atoms with E-state index in [1.54, 1.807) is 42.5 Å². The maximum atomic E-state index is 12.8. The van der Waals surface area contributed by atoms with Crippen LogP contribution in [0.4, 0.5) is 4.79 Å². The molecule has 164 valence electrons. The molecule has 0 saturated carbocycles. The van der Waals surface area contributed by atoms with Gasteiger partial charge in [0.2, 0.25) is 0 Å². The van der Waals surface area contributed by atoms with Crippen LogP contribution in [0.15, 0.2) is 50.2 Å². The van der Waals surface area contributed by atoms with Gasteiger partial charge in [-0.15, -0.1) is 6.42 Å². The summed E-state index contributed by atoms with van der Waals surface area (Å²) in [5.41, 5.74) is 1.04. The van der Waals surface area contributed by atoms with Crippen LogP contribution in [0.25, 0.3) is 6.08 Å². The fraction of sp³-hybridized carbons (Fsp3) is 0.174. The van der Waals surface area contributed by atoms with Crippen LogP contribution in [0, 0.1) is 12.3 Å². The molecular weight excluding hydrogens is 562 g/mol. The molecule has 32 heavy (non-hydrogen) atoms. The van der Waals surface area contributed by atoms with Crippen LogP contribution in [0.5, 0.6) is 11.5 Å². The van der Waals surface area contributed by atoms with E-state index in [4.69, 9.17) is 15.9 Å². The number of carbonyl (C=O) groups excluding carboxylic acids is 3. The van der Waals surface area contributed by atoms with E-state index in [1.165, 1.54) is 0 Å². The number of ketones is 1. The lowest BCUT2D eigenvalue weighted by atomic mass is 10.1. The van der Waals surface area contributed by atoms with Crippen molar-refractivity contribution >= 4 is 66.6 Å². The summed E-state index contributed by atoms with van der Waals surface area (Å²) in [6, 6.07) is 10.2. The highest BCUT2D eigenvalue weighted by molar-refractivity contribution is 9.10. The number of hydrogen-bond acceptors (Lipinski definition) is 6. The molecule has 0 bridgehead atoms. The number of benzene rings is 2. The van der Waals surface area contributed by atoms with Gasteiger partial charge in [0.1, 0.15) is 6.61 Å². The van der Waals surface area contributed by atoms with E-state index in [0.717, 1.165) is 21.1 Å². The lowest BCUT2D eigenvalue weighted by molar-refractivity contribution is -0.122. The first-order valence-electron chi connectivity index (χ1n) is 9.40. The van der Waals surface area contributed by atoms with Gasteiger partial charge >= 0.3 is 0 Å². The fourth-order valence-electron chi connectivity index (χ4n) is 2.85. The standard InChI is InChI=1S/C23H17Br2NO5S/c1-3-9-31-21-17(25)10-14(11-19(21)30-4-2)12-20-22(28)26(23(29)32-20)13-18(27)15-5-7-16(24)8-6-15/h1,5-8,10-12H,4,9,13H2,2H3/b20-12-. The second kappa shape index (κ2) is 10.9. The zero-order valence-electron chi connectivity index (χ0n) is 16.9. The molecule has 3 rings (SSSR count). The maximum Gasteiger partial charge on any atom is 0.293 e. The van der Waals surface area contributed by atoms with E-state index in [0.29, 0.717) is 33.7 Å². The van der Waals surface area contributed by atoms with Crippen LogP contribution < -0.4 is 9.47 Å². The Balaban J connectivity index is 1.82. The van der Waals surface area contributed by atoms with Gasteiger partial charge in [-0.25, -0.2) is 0 Å². The molecule has 6 nitrogen and oxygen atoms in total. The van der Waals surface area contributed by atoms with Gasteiger partial charge in [0.15, 0.2) is 17.3 Å². The molecule has 0 aromatic heterocycles. The summed E-state index contributed by atoms with van der Waals surface area (Å²) >= 11 is 7.52. The SMILES string of the molecule is C#CCOc1c(Br)cc(/C=C2\SC(=O)N(CC(=O)c3ccc(Br)cc3)C2=O)cc1OCC. The third-order valence-electron chi connectivity index (χ3n) is 4.27. The van der Waals surface area contributed by atoms with Crippen molar-refractivity contribution in [2.45, 2.75) is 6.92 Å². The van der Waals surface area contributed by atoms with Crippen LogP contribution in [0.1, 0.15) is 22.8 Å². The topological polar surface area (TPSA) is 72.9 Å². The summed E-state index contributed by atoms with van der Waals surface area (Å²) in [4.78, 5) is 38.9.